The fourth-order valence-corrected chi connectivity index (χ4v) is 3.39. The molecule has 1 aliphatic heterocycles. The van der Waals surface area contributed by atoms with Gasteiger partial charge in [0.1, 0.15) is 5.75 Å². The van der Waals surface area contributed by atoms with Crippen molar-refractivity contribution in [2.24, 2.45) is 0 Å². The number of aryl methyl sites for hydroxylation is 2. The maximum absolute atomic E-state index is 12.5. The van der Waals surface area contributed by atoms with Crippen molar-refractivity contribution in [2.45, 2.75) is 39.3 Å². The Morgan fingerprint density at radius 2 is 1.89 bits per heavy atom. The van der Waals surface area contributed by atoms with Crippen molar-refractivity contribution in [3.05, 3.63) is 65.2 Å². The molecule has 6 heteroatoms. The number of nitrogens with one attached hydrogen (secondary N) is 2. The highest BCUT2D eigenvalue weighted by Crippen LogP contribution is 2.20. The second kappa shape index (κ2) is 9.37. The highest BCUT2D eigenvalue weighted by atomic mass is 16.5. The molecular formula is C22H27N3O3. The Morgan fingerprint density at radius 1 is 1.11 bits per heavy atom. The van der Waals surface area contributed by atoms with E-state index >= 15 is 0 Å². The molecule has 0 saturated carbocycles. The van der Waals surface area contributed by atoms with Crippen molar-refractivity contribution in [3.8, 4) is 5.75 Å². The van der Waals surface area contributed by atoms with E-state index in [0.29, 0.717) is 5.75 Å². The lowest BCUT2D eigenvalue weighted by Gasteiger charge is -2.23. The van der Waals surface area contributed by atoms with Crippen LogP contribution in [0.15, 0.2) is 48.5 Å². The van der Waals surface area contributed by atoms with Crippen LogP contribution in [0.25, 0.3) is 0 Å². The summed E-state index contributed by atoms with van der Waals surface area (Å²) in [5.41, 5.74) is 8.20. The van der Waals surface area contributed by atoms with Gasteiger partial charge in [-0.2, -0.15) is 0 Å². The van der Waals surface area contributed by atoms with Crippen molar-refractivity contribution in [1.29, 1.82) is 0 Å². The molecule has 2 aromatic carbocycles. The monoisotopic (exact) mass is 381 g/mol. The van der Waals surface area contributed by atoms with Gasteiger partial charge in [0.15, 0.2) is 6.61 Å². The maximum atomic E-state index is 12.5. The van der Waals surface area contributed by atoms with E-state index in [4.69, 9.17) is 4.74 Å². The molecule has 0 spiro atoms. The van der Waals surface area contributed by atoms with E-state index in [1.807, 2.05) is 50.2 Å². The van der Waals surface area contributed by atoms with Gasteiger partial charge in [0, 0.05) is 6.54 Å². The highest BCUT2D eigenvalue weighted by Gasteiger charge is 2.30. The van der Waals surface area contributed by atoms with Crippen molar-refractivity contribution >= 4 is 11.8 Å². The van der Waals surface area contributed by atoms with Crippen molar-refractivity contribution in [2.75, 3.05) is 13.2 Å². The summed E-state index contributed by atoms with van der Waals surface area (Å²) in [7, 11) is 0. The van der Waals surface area contributed by atoms with Gasteiger partial charge in [-0.3, -0.25) is 25.3 Å². The van der Waals surface area contributed by atoms with E-state index in [1.165, 1.54) is 5.56 Å². The SMILES string of the molecule is Cc1ccc(C)c(OCC(=O)NNC(=O)C2CCCN2Cc2ccccc2)c1. The van der Waals surface area contributed by atoms with Crippen LogP contribution in [-0.4, -0.2) is 35.9 Å². The minimum absolute atomic E-state index is 0.150. The van der Waals surface area contributed by atoms with E-state index in [9.17, 15) is 9.59 Å². The largest absolute Gasteiger partial charge is 0.483 e. The van der Waals surface area contributed by atoms with Crippen LogP contribution in [0.4, 0.5) is 0 Å². The van der Waals surface area contributed by atoms with E-state index in [0.717, 1.165) is 37.1 Å². The minimum atomic E-state index is -0.387. The van der Waals surface area contributed by atoms with Crippen LogP contribution in [0.1, 0.15) is 29.5 Å². The Kier molecular flexibility index (Phi) is 6.66. The number of carbonyl (C=O) groups excluding carboxylic acids is 2. The molecule has 1 saturated heterocycles. The van der Waals surface area contributed by atoms with Gasteiger partial charge in [-0.05, 0) is 56.0 Å². The predicted octanol–water partition coefficient (Wildman–Crippen LogP) is 2.49. The van der Waals surface area contributed by atoms with Crippen LogP contribution < -0.4 is 15.6 Å². The lowest BCUT2D eigenvalue weighted by Crippen LogP contribution is -2.51. The Bertz CT molecular complexity index is 823. The van der Waals surface area contributed by atoms with E-state index in [2.05, 4.69) is 27.9 Å². The number of benzene rings is 2. The zero-order chi connectivity index (χ0) is 19.9. The standard InChI is InChI=1S/C22H27N3O3/c1-16-10-11-17(2)20(13-16)28-15-21(26)23-24-22(27)19-9-6-12-25(19)14-18-7-4-3-5-8-18/h3-5,7-8,10-11,13,19H,6,9,12,14-15H2,1-2H3,(H,23,26)(H,24,27). The van der Waals surface area contributed by atoms with Crippen LogP contribution >= 0.6 is 0 Å². The number of hydrogen-bond donors (Lipinski definition) is 2. The number of amides is 2. The van der Waals surface area contributed by atoms with Gasteiger partial charge in [0.05, 0.1) is 6.04 Å². The van der Waals surface area contributed by atoms with Crippen LogP contribution in [0.5, 0.6) is 5.75 Å². The first-order valence-electron chi connectivity index (χ1n) is 9.59. The van der Waals surface area contributed by atoms with Gasteiger partial charge >= 0.3 is 0 Å². The summed E-state index contributed by atoms with van der Waals surface area (Å²) in [6, 6.07) is 15.7. The molecule has 28 heavy (non-hydrogen) atoms. The zero-order valence-electron chi connectivity index (χ0n) is 16.4. The first-order valence-corrected chi connectivity index (χ1v) is 9.59. The van der Waals surface area contributed by atoms with E-state index in [1.54, 1.807) is 0 Å². The molecule has 1 atom stereocenters. The van der Waals surface area contributed by atoms with Gasteiger partial charge in [0.2, 0.25) is 0 Å². The van der Waals surface area contributed by atoms with Crippen LogP contribution in [-0.2, 0) is 16.1 Å². The first-order chi connectivity index (χ1) is 13.5. The summed E-state index contributed by atoms with van der Waals surface area (Å²) >= 11 is 0. The smallest absolute Gasteiger partial charge is 0.276 e. The molecule has 2 N–H and O–H groups in total. The van der Waals surface area contributed by atoms with Gasteiger partial charge in [0.25, 0.3) is 11.8 Å². The average Bonchev–Trinajstić information content (AvgIpc) is 3.15. The number of rotatable bonds is 6. The highest BCUT2D eigenvalue weighted by molar-refractivity contribution is 5.85. The maximum Gasteiger partial charge on any atom is 0.276 e. The molecule has 0 aromatic heterocycles. The van der Waals surface area contributed by atoms with E-state index in [-0.39, 0.29) is 24.5 Å². The molecule has 6 nitrogen and oxygen atoms in total. The van der Waals surface area contributed by atoms with Crippen molar-refractivity contribution in [1.82, 2.24) is 15.8 Å². The van der Waals surface area contributed by atoms with Crippen LogP contribution in [0.3, 0.4) is 0 Å². The summed E-state index contributed by atoms with van der Waals surface area (Å²) in [4.78, 5) is 26.7. The molecular weight excluding hydrogens is 354 g/mol. The Hall–Kier alpha value is -2.86. The third-order valence-corrected chi connectivity index (χ3v) is 4.92. The number of ether oxygens (including phenoxy) is 1. The molecule has 1 fully saturated rings. The van der Waals surface area contributed by atoms with Gasteiger partial charge in [-0.1, -0.05) is 42.5 Å². The lowest BCUT2D eigenvalue weighted by atomic mass is 10.1. The van der Waals surface area contributed by atoms with Crippen LogP contribution in [0, 0.1) is 13.8 Å². The molecule has 148 valence electrons. The average molecular weight is 381 g/mol. The second-order valence-corrected chi connectivity index (χ2v) is 7.21. The second-order valence-electron chi connectivity index (χ2n) is 7.21. The lowest BCUT2D eigenvalue weighted by molar-refractivity contribution is -0.132. The van der Waals surface area contributed by atoms with Crippen LogP contribution in [0.2, 0.25) is 0 Å². The number of carbonyl (C=O) groups is 2. The number of likely N-dealkylation sites (tertiary alicyclic amines) is 1. The number of hydrogen-bond acceptors (Lipinski definition) is 4. The third kappa shape index (κ3) is 5.33. The van der Waals surface area contributed by atoms with Gasteiger partial charge in [-0.25, -0.2) is 0 Å². The molecule has 1 unspecified atom stereocenters. The van der Waals surface area contributed by atoms with Crippen molar-refractivity contribution < 1.29 is 14.3 Å². The fourth-order valence-electron chi connectivity index (χ4n) is 3.39. The topological polar surface area (TPSA) is 70.7 Å². The van der Waals surface area contributed by atoms with Gasteiger partial charge < -0.3 is 4.74 Å². The number of hydrazine groups is 1. The summed E-state index contributed by atoms with van der Waals surface area (Å²) in [5, 5.41) is 0. The molecule has 2 aromatic rings. The summed E-state index contributed by atoms with van der Waals surface area (Å²) in [6.07, 6.45) is 1.75. The summed E-state index contributed by atoms with van der Waals surface area (Å²) in [6.45, 7) is 5.34. The molecule has 2 amide bonds. The van der Waals surface area contributed by atoms with Crippen molar-refractivity contribution in [3.63, 3.8) is 0 Å². The van der Waals surface area contributed by atoms with E-state index < -0.39 is 0 Å². The summed E-state index contributed by atoms with van der Waals surface area (Å²) < 4.78 is 5.56. The summed E-state index contributed by atoms with van der Waals surface area (Å²) in [5.74, 6) is 0.0988. The predicted molar refractivity (Wildman–Crippen MR) is 108 cm³/mol. The molecule has 1 aliphatic rings. The quantitative estimate of drug-likeness (QED) is 0.755. The fraction of sp³-hybridized carbons (Fsp3) is 0.364. The molecule has 0 aliphatic carbocycles. The Labute approximate surface area is 165 Å². The molecule has 0 bridgehead atoms. The number of nitrogens with zero attached hydrogens (tertiary/aromatic N) is 1. The van der Waals surface area contributed by atoms with Gasteiger partial charge in [-0.15, -0.1) is 0 Å². The normalized spacial score (nSPS) is 16.6. The Morgan fingerprint density at radius 3 is 2.68 bits per heavy atom. The molecule has 0 radical (unpaired) electrons. The minimum Gasteiger partial charge on any atom is -0.483 e. The molecule has 3 rings (SSSR count). The zero-order valence-corrected chi connectivity index (χ0v) is 16.4. The Balaban J connectivity index is 1.46. The third-order valence-electron chi connectivity index (χ3n) is 4.92. The first kappa shape index (κ1) is 19.9. The molecule has 1 heterocycles.